The van der Waals surface area contributed by atoms with Gasteiger partial charge in [-0.15, -0.1) is 10.2 Å². The van der Waals surface area contributed by atoms with Crippen molar-refractivity contribution >= 4 is 17.7 Å². The molecule has 6 nitrogen and oxygen atoms in total. The van der Waals surface area contributed by atoms with Gasteiger partial charge in [0.1, 0.15) is 12.7 Å². The van der Waals surface area contributed by atoms with Crippen LogP contribution in [0.5, 0.6) is 0 Å². The summed E-state index contributed by atoms with van der Waals surface area (Å²) < 4.78 is 2.32. The quantitative estimate of drug-likeness (QED) is 0.492. The van der Waals surface area contributed by atoms with E-state index >= 15 is 0 Å². The van der Waals surface area contributed by atoms with Gasteiger partial charge in [0.25, 0.3) is 0 Å². The highest BCUT2D eigenvalue weighted by molar-refractivity contribution is 8.00. The zero-order valence-corrected chi connectivity index (χ0v) is 14.8. The highest BCUT2D eigenvalue weighted by atomic mass is 32.2. The van der Waals surface area contributed by atoms with Crippen LogP contribution < -0.4 is 5.32 Å². The third-order valence-corrected chi connectivity index (χ3v) is 4.91. The summed E-state index contributed by atoms with van der Waals surface area (Å²) in [4.78, 5) is 7.21. The van der Waals surface area contributed by atoms with Gasteiger partial charge in [-0.05, 0) is 33.6 Å². The van der Waals surface area contributed by atoms with Crippen molar-refractivity contribution in [3.8, 4) is 0 Å². The second kappa shape index (κ2) is 8.41. The molecule has 0 aliphatic carbocycles. The Kier molecular flexibility index (Phi) is 6.54. The second-order valence-corrected chi connectivity index (χ2v) is 7.97. The summed E-state index contributed by atoms with van der Waals surface area (Å²) in [6.45, 7) is 11.7. The Labute approximate surface area is 137 Å². The van der Waals surface area contributed by atoms with Gasteiger partial charge in [-0.1, -0.05) is 0 Å². The average Bonchev–Trinajstić information content (AvgIpc) is 2.98. The highest BCUT2D eigenvalue weighted by Gasteiger charge is 2.28. The van der Waals surface area contributed by atoms with Gasteiger partial charge in [0.05, 0.1) is 0 Å². The minimum atomic E-state index is 0.308. The Hall–Kier alpha value is -1.24. The van der Waals surface area contributed by atoms with Crippen molar-refractivity contribution in [3.05, 3.63) is 12.7 Å². The first kappa shape index (κ1) is 17.1. The van der Waals surface area contributed by atoms with E-state index in [2.05, 4.69) is 52.9 Å². The lowest BCUT2D eigenvalue weighted by Crippen LogP contribution is -2.51. The van der Waals surface area contributed by atoms with E-state index in [-0.39, 0.29) is 0 Å². The van der Waals surface area contributed by atoms with Gasteiger partial charge in [-0.2, -0.15) is 11.8 Å². The molecule has 1 aliphatic heterocycles. The third kappa shape index (κ3) is 5.51. The first-order valence-corrected chi connectivity index (χ1v) is 9.09. The minimum Gasteiger partial charge on any atom is -0.357 e. The molecule has 2 rings (SSSR count). The van der Waals surface area contributed by atoms with E-state index < -0.39 is 0 Å². The summed E-state index contributed by atoms with van der Waals surface area (Å²) in [5.74, 6) is 2.24. The number of hydrogen-bond acceptors (Lipinski definition) is 4. The van der Waals surface area contributed by atoms with Crippen LogP contribution in [-0.4, -0.2) is 62.3 Å². The smallest absolute Gasteiger partial charge is 0.193 e. The lowest BCUT2D eigenvalue weighted by Gasteiger charge is -2.39. The van der Waals surface area contributed by atoms with Crippen LogP contribution in [0.4, 0.5) is 0 Å². The molecule has 1 saturated heterocycles. The molecule has 1 aliphatic rings. The maximum atomic E-state index is 4.80. The van der Waals surface area contributed by atoms with Crippen LogP contribution >= 0.6 is 11.8 Å². The Bertz CT molecular complexity index is 457. The molecular weight excluding hydrogens is 296 g/mol. The predicted molar refractivity (Wildman–Crippen MR) is 93.3 cm³/mol. The van der Waals surface area contributed by atoms with Gasteiger partial charge < -0.3 is 14.8 Å². The number of aromatic nitrogens is 3. The summed E-state index contributed by atoms with van der Waals surface area (Å²) in [5, 5.41) is 11.1. The molecule has 1 fully saturated rings. The number of unbranched alkanes of at least 4 members (excludes halogenated alkanes) is 1. The molecule has 1 N–H and O–H groups in total. The zero-order chi connectivity index (χ0) is 15.8. The van der Waals surface area contributed by atoms with Gasteiger partial charge in [-0.25, -0.2) is 0 Å². The van der Waals surface area contributed by atoms with Gasteiger partial charge in [-0.3, -0.25) is 4.99 Å². The molecule has 0 amide bonds. The molecule has 0 unspecified atom stereocenters. The van der Waals surface area contributed by atoms with Crippen LogP contribution in [0.3, 0.4) is 0 Å². The molecule has 0 atom stereocenters. The highest BCUT2D eigenvalue weighted by Crippen LogP contribution is 2.29. The molecule has 1 aromatic rings. The van der Waals surface area contributed by atoms with Gasteiger partial charge in [0.15, 0.2) is 5.96 Å². The van der Waals surface area contributed by atoms with E-state index in [9.17, 15) is 0 Å². The molecule has 1 aromatic heterocycles. The fourth-order valence-corrected chi connectivity index (χ4v) is 3.66. The summed E-state index contributed by atoms with van der Waals surface area (Å²) in [5.41, 5.74) is 0. The Morgan fingerprint density at radius 2 is 2.09 bits per heavy atom. The first-order chi connectivity index (χ1) is 10.6. The number of hydrogen-bond donors (Lipinski definition) is 1. The fourth-order valence-electron chi connectivity index (χ4n) is 2.55. The maximum absolute atomic E-state index is 4.80. The van der Waals surface area contributed by atoms with Gasteiger partial charge in [0, 0.05) is 43.2 Å². The largest absolute Gasteiger partial charge is 0.357 e. The van der Waals surface area contributed by atoms with E-state index in [1.54, 1.807) is 12.7 Å². The topological polar surface area (TPSA) is 58.3 Å². The van der Waals surface area contributed by atoms with E-state index in [0.29, 0.717) is 4.75 Å². The predicted octanol–water partition coefficient (Wildman–Crippen LogP) is 1.85. The van der Waals surface area contributed by atoms with E-state index in [0.717, 1.165) is 51.5 Å². The van der Waals surface area contributed by atoms with E-state index in [4.69, 9.17) is 4.99 Å². The van der Waals surface area contributed by atoms with Crippen molar-refractivity contribution < 1.29 is 0 Å². The van der Waals surface area contributed by atoms with Crippen molar-refractivity contribution in [2.24, 2.45) is 4.99 Å². The third-order valence-electron chi connectivity index (χ3n) is 3.61. The molecule has 0 radical (unpaired) electrons. The molecule has 0 aromatic carbocycles. The molecule has 2 heterocycles. The first-order valence-electron chi connectivity index (χ1n) is 8.10. The number of rotatable bonds is 6. The number of aliphatic imine (C=N–C) groups is 1. The lowest BCUT2D eigenvalue weighted by atomic mass is 10.2. The standard InChI is InChI=1S/C15H28N6S/c1-4-16-14(21-9-10-22-15(2,3)11-21)17-7-5-6-8-20-12-18-19-13-20/h12-13H,4-11H2,1-3H3,(H,16,17). The van der Waals surface area contributed by atoms with Gasteiger partial charge >= 0.3 is 0 Å². The van der Waals surface area contributed by atoms with Crippen molar-refractivity contribution in [2.75, 3.05) is 31.9 Å². The molecule has 124 valence electrons. The Morgan fingerprint density at radius 3 is 2.77 bits per heavy atom. The summed E-state index contributed by atoms with van der Waals surface area (Å²) in [6.07, 6.45) is 5.71. The lowest BCUT2D eigenvalue weighted by molar-refractivity contribution is 0.375. The summed E-state index contributed by atoms with van der Waals surface area (Å²) in [6, 6.07) is 0. The molecule has 7 heteroatoms. The van der Waals surface area contributed by atoms with Crippen LogP contribution in [0.2, 0.25) is 0 Å². The minimum absolute atomic E-state index is 0.308. The summed E-state index contributed by atoms with van der Waals surface area (Å²) in [7, 11) is 0. The fraction of sp³-hybridized carbons (Fsp3) is 0.800. The maximum Gasteiger partial charge on any atom is 0.193 e. The molecule has 0 bridgehead atoms. The van der Waals surface area contributed by atoms with Crippen LogP contribution in [0.15, 0.2) is 17.6 Å². The Balaban J connectivity index is 1.79. The average molecular weight is 324 g/mol. The van der Waals surface area contributed by atoms with Crippen LogP contribution in [0.1, 0.15) is 33.6 Å². The van der Waals surface area contributed by atoms with Crippen molar-refractivity contribution in [1.29, 1.82) is 0 Å². The monoisotopic (exact) mass is 324 g/mol. The summed E-state index contributed by atoms with van der Waals surface area (Å²) >= 11 is 2.05. The number of thioether (sulfide) groups is 1. The van der Waals surface area contributed by atoms with Crippen LogP contribution in [-0.2, 0) is 6.54 Å². The second-order valence-electron chi connectivity index (χ2n) is 6.17. The molecule has 0 spiro atoms. The van der Waals surface area contributed by atoms with Crippen molar-refractivity contribution in [1.82, 2.24) is 25.0 Å². The number of nitrogens with zero attached hydrogens (tertiary/aromatic N) is 5. The zero-order valence-electron chi connectivity index (χ0n) is 14.0. The van der Waals surface area contributed by atoms with Gasteiger partial charge in [0.2, 0.25) is 0 Å². The van der Waals surface area contributed by atoms with Crippen molar-refractivity contribution in [2.45, 2.75) is 44.9 Å². The molecule has 22 heavy (non-hydrogen) atoms. The van der Waals surface area contributed by atoms with Crippen LogP contribution in [0, 0.1) is 0 Å². The van der Waals surface area contributed by atoms with Crippen LogP contribution in [0.25, 0.3) is 0 Å². The SMILES string of the molecule is CCNC(=NCCCCn1cnnc1)N1CCSC(C)(C)C1. The normalized spacial score (nSPS) is 18.5. The number of nitrogens with one attached hydrogen (secondary N) is 1. The number of aryl methyl sites for hydroxylation is 1. The van der Waals surface area contributed by atoms with E-state index in [1.807, 2.05) is 4.57 Å². The molecule has 0 saturated carbocycles. The van der Waals surface area contributed by atoms with Crippen molar-refractivity contribution in [3.63, 3.8) is 0 Å². The number of guanidine groups is 1. The Morgan fingerprint density at radius 1 is 1.32 bits per heavy atom. The van der Waals surface area contributed by atoms with E-state index in [1.165, 1.54) is 5.75 Å². The molecular formula is C15H28N6S.